The van der Waals surface area contributed by atoms with E-state index in [2.05, 4.69) is 25.5 Å². The van der Waals surface area contributed by atoms with Crippen LogP contribution in [0.3, 0.4) is 0 Å². The van der Waals surface area contributed by atoms with Gasteiger partial charge in [-0.1, -0.05) is 17.4 Å². The van der Waals surface area contributed by atoms with Gasteiger partial charge in [-0.15, -0.1) is 21.5 Å². The van der Waals surface area contributed by atoms with E-state index in [0.29, 0.717) is 16.8 Å². The Morgan fingerprint density at radius 2 is 2.00 bits per heavy atom. The van der Waals surface area contributed by atoms with E-state index >= 15 is 0 Å². The number of ether oxygens (including phenoxy) is 2. The van der Waals surface area contributed by atoms with Gasteiger partial charge in [-0.25, -0.2) is 14.8 Å². The van der Waals surface area contributed by atoms with Gasteiger partial charge < -0.3 is 14.8 Å². The zero-order chi connectivity index (χ0) is 20.9. The lowest BCUT2D eigenvalue weighted by Crippen LogP contribution is -2.11. The minimum Gasteiger partial charge on any atom is -0.497 e. The Hall–Kier alpha value is -3.37. The molecule has 0 fully saturated rings. The van der Waals surface area contributed by atoms with Crippen LogP contribution in [0.2, 0.25) is 0 Å². The third-order valence-corrected chi connectivity index (χ3v) is 5.89. The number of anilines is 2. The van der Waals surface area contributed by atoms with E-state index in [0.717, 1.165) is 21.2 Å². The van der Waals surface area contributed by atoms with Gasteiger partial charge in [0.1, 0.15) is 11.3 Å². The Morgan fingerprint density at radius 1 is 1.17 bits per heavy atom. The maximum atomic E-state index is 12.4. The molecule has 3 aromatic heterocycles. The van der Waals surface area contributed by atoms with Crippen molar-refractivity contribution in [2.75, 3.05) is 19.0 Å². The summed E-state index contributed by atoms with van der Waals surface area (Å²) < 4.78 is 10.3. The number of hydrogen-bond acceptors (Lipinski definition) is 10. The van der Waals surface area contributed by atoms with E-state index in [1.807, 2.05) is 41.8 Å². The second kappa shape index (κ2) is 8.97. The van der Waals surface area contributed by atoms with Gasteiger partial charge in [0.05, 0.1) is 18.6 Å². The second-order valence-corrected chi connectivity index (χ2v) is 7.84. The summed E-state index contributed by atoms with van der Waals surface area (Å²) in [7, 11) is 1.61. The number of thiophene rings is 1. The molecule has 30 heavy (non-hydrogen) atoms. The van der Waals surface area contributed by atoms with Gasteiger partial charge in [-0.3, -0.25) is 0 Å². The molecule has 4 aromatic rings. The van der Waals surface area contributed by atoms with Gasteiger partial charge in [-0.05, 0) is 42.6 Å². The average molecular weight is 440 g/mol. The Morgan fingerprint density at radius 3 is 2.70 bits per heavy atom. The van der Waals surface area contributed by atoms with Crippen molar-refractivity contribution in [2.45, 2.75) is 6.92 Å². The van der Waals surface area contributed by atoms with E-state index in [1.165, 1.54) is 17.5 Å². The van der Waals surface area contributed by atoms with E-state index in [9.17, 15) is 4.79 Å². The number of methoxy groups -OCH3 is 1. The number of carbonyl (C=O) groups is 1. The highest BCUT2D eigenvalue weighted by Crippen LogP contribution is 2.32. The van der Waals surface area contributed by atoms with Crippen molar-refractivity contribution in [3.63, 3.8) is 0 Å². The van der Waals surface area contributed by atoms with Crippen LogP contribution in [-0.4, -0.2) is 39.9 Å². The van der Waals surface area contributed by atoms with Gasteiger partial charge in [-0.2, -0.15) is 0 Å². The van der Waals surface area contributed by atoms with E-state index in [4.69, 9.17) is 9.47 Å². The molecule has 152 valence electrons. The fourth-order valence-corrected chi connectivity index (χ4v) is 4.12. The first kappa shape index (κ1) is 19.9. The number of hydrogen-bond donors (Lipinski definition) is 1. The maximum Gasteiger partial charge on any atom is 0.343 e. The topological polar surface area (TPSA) is 99.1 Å². The van der Waals surface area contributed by atoms with Crippen LogP contribution in [0.1, 0.15) is 17.3 Å². The molecule has 0 bridgehead atoms. The number of carbonyl (C=O) groups excluding carboxylic acids is 1. The Kier molecular flexibility index (Phi) is 5.96. The minimum atomic E-state index is -0.510. The van der Waals surface area contributed by atoms with Crippen molar-refractivity contribution < 1.29 is 14.3 Å². The van der Waals surface area contributed by atoms with Gasteiger partial charge in [0.2, 0.25) is 5.13 Å². The molecule has 0 unspecified atom stereocenters. The van der Waals surface area contributed by atoms with Crippen LogP contribution < -0.4 is 10.1 Å². The Labute approximate surface area is 180 Å². The molecule has 1 aromatic carbocycles. The van der Waals surface area contributed by atoms with Crippen molar-refractivity contribution in [2.24, 2.45) is 0 Å². The molecule has 0 aliphatic rings. The second-order valence-electron chi connectivity index (χ2n) is 5.92. The first-order valence-electron chi connectivity index (χ1n) is 9.01. The van der Waals surface area contributed by atoms with Crippen LogP contribution in [0.4, 0.5) is 10.9 Å². The molecule has 0 aliphatic heterocycles. The van der Waals surface area contributed by atoms with Crippen LogP contribution >= 0.6 is 22.7 Å². The van der Waals surface area contributed by atoms with Gasteiger partial charge in [0, 0.05) is 11.8 Å². The summed E-state index contributed by atoms with van der Waals surface area (Å²) in [5, 5.41) is 14.8. The molecule has 0 radical (unpaired) electrons. The first-order chi connectivity index (χ1) is 14.7. The predicted molar refractivity (Wildman–Crippen MR) is 116 cm³/mol. The number of benzene rings is 1. The van der Waals surface area contributed by atoms with Crippen molar-refractivity contribution in [3.8, 4) is 27.0 Å². The number of nitrogens with zero attached hydrogens (tertiary/aromatic N) is 4. The van der Waals surface area contributed by atoms with Crippen LogP contribution in [0, 0.1) is 0 Å². The Bertz CT molecular complexity index is 1140. The molecule has 8 nitrogen and oxygen atoms in total. The largest absolute Gasteiger partial charge is 0.497 e. The summed E-state index contributed by atoms with van der Waals surface area (Å²) in [6.07, 6.45) is 1.45. The summed E-state index contributed by atoms with van der Waals surface area (Å²) in [5.74, 6) is 0.985. The Balaban J connectivity index is 1.68. The third-order valence-electron chi connectivity index (χ3n) is 4.01. The normalized spacial score (nSPS) is 10.6. The van der Waals surface area contributed by atoms with Crippen LogP contribution in [-0.2, 0) is 4.74 Å². The minimum absolute atomic E-state index is 0.224. The molecule has 0 saturated carbocycles. The molecular formula is C20H17N5O3S2. The SMILES string of the molecule is CCOC(=O)c1cnc(-c2ccc(OC)cc2)nc1Nc1nnc(-c2cccs2)s1. The van der Waals surface area contributed by atoms with E-state index in [-0.39, 0.29) is 12.2 Å². The number of aromatic nitrogens is 4. The molecular weight excluding hydrogens is 422 g/mol. The third kappa shape index (κ3) is 4.29. The highest BCUT2D eigenvalue weighted by atomic mass is 32.1. The van der Waals surface area contributed by atoms with Crippen molar-refractivity contribution in [3.05, 3.63) is 53.5 Å². The van der Waals surface area contributed by atoms with Crippen LogP contribution in [0.25, 0.3) is 21.3 Å². The summed E-state index contributed by atoms with van der Waals surface area (Å²) in [6, 6.07) is 11.3. The molecule has 3 heterocycles. The van der Waals surface area contributed by atoms with Crippen molar-refractivity contribution in [1.82, 2.24) is 20.2 Å². The number of nitrogens with one attached hydrogen (secondary N) is 1. The standard InChI is InChI=1S/C20H17N5O3S2/c1-3-28-19(26)14-11-21-16(12-6-8-13(27-2)9-7-12)22-17(14)23-20-25-24-18(30-20)15-5-4-10-29-15/h4-11H,3H2,1-2H3,(H,21,22,23,25). The molecule has 1 N–H and O–H groups in total. The van der Waals surface area contributed by atoms with Crippen LogP contribution in [0.15, 0.2) is 48.0 Å². The fourth-order valence-electron chi connectivity index (χ4n) is 2.59. The van der Waals surface area contributed by atoms with Gasteiger partial charge >= 0.3 is 5.97 Å². The van der Waals surface area contributed by atoms with Gasteiger partial charge in [0.25, 0.3) is 0 Å². The summed E-state index contributed by atoms with van der Waals surface area (Å²) in [6.45, 7) is 2.00. The van der Waals surface area contributed by atoms with E-state index < -0.39 is 5.97 Å². The van der Waals surface area contributed by atoms with Gasteiger partial charge in [0.15, 0.2) is 16.6 Å². The highest BCUT2D eigenvalue weighted by Gasteiger charge is 2.18. The van der Waals surface area contributed by atoms with E-state index in [1.54, 1.807) is 25.4 Å². The number of rotatable bonds is 7. The molecule has 4 rings (SSSR count). The molecule has 0 saturated heterocycles. The van der Waals surface area contributed by atoms with Crippen LogP contribution in [0.5, 0.6) is 5.75 Å². The lowest BCUT2D eigenvalue weighted by molar-refractivity contribution is 0.0526. The fraction of sp³-hybridized carbons (Fsp3) is 0.150. The molecule has 0 atom stereocenters. The monoisotopic (exact) mass is 439 g/mol. The predicted octanol–water partition coefficient (Wildman–Crippen LogP) is 4.65. The molecule has 0 aliphatic carbocycles. The van der Waals surface area contributed by atoms with Crippen molar-refractivity contribution >= 4 is 39.6 Å². The van der Waals surface area contributed by atoms with Crippen molar-refractivity contribution in [1.29, 1.82) is 0 Å². The quantitative estimate of drug-likeness (QED) is 0.415. The summed E-state index contributed by atoms with van der Waals surface area (Å²) >= 11 is 2.96. The number of esters is 1. The zero-order valence-corrected chi connectivity index (χ0v) is 17.8. The molecule has 0 spiro atoms. The summed E-state index contributed by atoms with van der Waals surface area (Å²) in [4.78, 5) is 22.3. The highest BCUT2D eigenvalue weighted by molar-refractivity contribution is 7.22. The first-order valence-corrected chi connectivity index (χ1v) is 10.7. The lowest BCUT2D eigenvalue weighted by Gasteiger charge is -2.10. The molecule has 0 amide bonds. The molecule has 10 heteroatoms. The average Bonchev–Trinajstić information content (AvgIpc) is 3.46. The summed E-state index contributed by atoms with van der Waals surface area (Å²) in [5.41, 5.74) is 1.01. The smallest absolute Gasteiger partial charge is 0.343 e. The zero-order valence-electron chi connectivity index (χ0n) is 16.2. The maximum absolute atomic E-state index is 12.4. The lowest BCUT2D eigenvalue weighted by atomic mass is 10.2.